The van der Waals surface area contributed by atoms with Crippen LogP contribution in [-0.4, -0.2) is 5.91 Å². The minimum absolute atomic E-state index is 0.202. The maximum absolute atomic E-state index is 13.6. The summed E-state index contributed by atoms with van der Waals surface area (Å²) in [5.74, 6) is -2.79. The molecule has 0 aromatic heterocycles. The van der Waals surface area contributed by atoms with Gasteiger partial charge in [-0.3, -0.25) is 4.79 Å². The van der Waals surface area contributed by atoms with Crippen molar-refractivity contribution in [3.8, 4) is 6.07 Å². The quantitative estimate of drug-likeness (QED) is 0.813. The highest BCUT2D eigenvalue weighted by atomic mass is 79.9. The molecule has 2 rings (SSSR count). The second-order valence-electron chi connectivity index (χ2n) is 4.11. The van der Waals surface area contributed by atoms with Gasteiger partial charge in [-0.1, -0.05) is 15.9 Å². The highest BCUT2D eigenvalue weighted by Gasteiger charge is 2.16. The van der Waals surface area contributed by atoms with E-state index < -0.39 is 23.1 Å². The number of anilines is 2. The molecular formula is C14H8BrF2N3O. The van der Waals surface area contributed by atoms with Gasteiger partial charge in [-0.25, -0.2) is 8.78 Å². The first-order chi connectivity index (χ1) is 9.92. The van der Waals surface area contributed by atoms with Gasteiger partial charge in [0.2, 0.25) is 0 Å². The number of nitrogens with zero attached hydrogens (tertiary/aromatic N) is 1. The van der Waals surface area contributed by atoms with Gasteiger partial charge < -0.3 is 11.1 Å². The van der Waals surface area contributed by atoms with Crippen molar-refractivity contribution in [3.05, 3.63) is 57.6 Å². The summed E-state index contributed by atoms with van der Waals surface area (Å²) in [7, 11) is 0. The van der Waals surface area contributed by atoms with Gasteiger partial charge in [0.1, 0.15) is 17.7 Å². The first kappa shape index (κ1) is 14.9. The van der Waals surface area contributed by atoms with Gasteiger partial charge >= 0.3 is 0 Å². The number of hydrogen-bond donors (Lipinski definition) is 2. The first-order valence-electron chi connectivity index (χ1n) is 5.68. The number of benzene rings is 2. The van der Waals surface area contributed by atoms with Crippen molar-refractivity contribution in [2.45, 2.75) is 0 Å². The molecule has 1 amide bonds. The normalized spacial score (nSPS) is 10.0. The Bertz CT molecular complexity index is 772. The third kappa shape index (κ3) is 3.17. The summed E-state index contributed by atoms with van der Waals surface area (Å²) in [4.78, 5) is 12.0. The van der Waals surface area contributed by atoms with Gasteiger partial charge in [0, 0.05) is 10.5 Å². The molecule has 21 heavy (non-hydrogen) atoms. The largest absolute Gasteiger partial charge is 0.396 e. The summed E-state index contributed by atoms with van der Waals surface area (Å²) in [5.41, 5.74) is 5.00. The highest BCUT2D eigenvalue weighted by Crippen LogP contribution is 2.22. The van der Waals surface area contributed by atoms with Crippen LogP contribution in [-0.2, 0) is 0 Å². The lowest BCUT2D eigenvalue weighted by Crippen LogP contribution is -2.15. The van der Waals surface area contributed by atoms with Crippen LogP contribution in [0.1, 0.15) is 15.9 Å². The van der Waals surface area contributed by atoms with Crippen LogP contribution in [0.15, 0.2) is 34.8 Å². The lowest BCUT2D eigenvalue weighted by atomic mass is 10.1. The smallest absolute Gasteiger partial charge is 0.258 e. The average Bonchev–Trinajstić information content (AvgIpc) is 2.44. The molecule has 0 unspecified atom stereocenters. The van der Waals surface area contributed by atoms with E-state index in [1.165, 1.54) is 12.1 Å². The Balaban J connectivity index is 2.35. The average molecular weight is 352 g/mol. The van der Waals surface area contributed by atoms with E-state index in [0.29, 0.717) is 10.5 Å². The van der Waals surface area contributed by atoms with Crippen molar-refractivity contribution in [1.82, 2.24) is 0 Å². The zero-order valence-electron chi connectivity index (χ0n) is 10.5. The fourth-order valence-electron chi connectivity index (χ4n) is 1.65. The summed E-state index contributed by atoms with van der Waals surface area (Å²) < 4.78 is 27.3. The number of nitrogen functional groups attached to an aromatic ring is 1. The van der Waals surface area contributed by atoms with Crippen molar-refractivity contribution < 1.29 is 13.6 Å². The second kappa shape index (κ2) is 5.89. The minimum atomic E-state index is -1.03. The van der Waals surface area contributed by atoms with Crippen LogP contribution in [0.2, 0.25) is 0 Å². The number of carbonyl (C=O) groups is 1. The lowest BCUT2D eigenvalue weighted by molar-refractivity contribution is 0.102. The number of carbonyl (C=O) groups excluding carboxylic acids is 1. The molecule has 2 aromatic rings. The van der Waals surface area contributed by atoms with Crippen LogP contribution < -0.4 is 11.1 Å². The number of rotatable bonds is 2. The Labute approximate surface area is 127 Å². The van der Waals surface area contributed by atoms with E-state index >= 15 is 0 Å². The lowest BCUT2D eigenvalue weighted by Gasteiger charge is -2.09. The molecular weight excluding hydrogens is 344 g/mol. The molecule has 7 heteroatoms. The monoisotopic (exact) mass is 351 g/mol. The van der Waals surface area contributed by atoms with E-state index in [1.54, 1.807) is 6.07 Å². The van der Waals surface area contributed by atoms with Gasteiger partial charge in [-0.2, -0.15) is 5.26 Å². The van der Waals surface area contributed by atoms with Crippen molar-refractivity contribution in [2.24, 2.45) is 0 Å². The molecule has 0 atom stereocenters. The predicted molar refractivity (Wildman–Crippen MR) is 77.6 cm³/mol. The Morgan fingerprint density at radius 1 is 1.24 bits per heavy atom. The Kier molecular flexibility index (Phi) is 4.19. The molecule has 0 bridgehead atoms. The molecule has 0 aliphatic heterocycles. The Morgan fingerprint density at radius 3 is 2.62 bits per heavy atom. The fraction of sp³-hybridized carbons (Fsp3) is 0. The maximum Gasteiger partial charge on any atom is 0.258 e. The van der Waals surface area contributed by atoms with Gasteiger partial charge in [0.05, 0.1) is 22.5 Å². The SMILES string of the molecule is N#Cc1cc(Br)ccc1NC(=O)c1cc(N)c(F)cc1F. The Morgan fingerprint density at radius 2 is 1.95 bits per heavy atom. The number of halogens is 3. The molecule has 2 aromatic carbocycles. The minimum Gasteiger partial charge on any atom is -0.396 e. The Hall–Kier alpha value is -2.46. The summed E-state index contributed by atoms with van der Waals surface area (Å²) in [5, 5.41) is 11.4. The van der Waals surface area contributed by atoms with Crippen molar-refractivity contribution >= 4 is 33.2 Å². The molecule has 0 spiro atoms. The fourth-order valence-corrected chi connectivity index (χ4v) is 2.01. The van der Waals surface area contributed by atoms with E-state index in [9.17, 15) is 13.6 Å². The molecule has 0 saturated heterocycles. The van der Waals surface area contributed by atoms with E-state index in [2.05, 4.69) is 21.2 Å². The van der Waals surface area contributed by atoms with Gasteiger partial charge in [0.15, 0.2) is 0 Å². The number of hydrogen-bond acceptors (Lipinski definition) is 3. The number of amides is 1. The summed E-state index contributed by atoms with van der Waals surface area (Å²) in [6.07, 6.45) is 0. The van der Waals surface area contributed by atoms with Crippen LogP contribution in [0, 0.1) is 23.0 Å². The van der Waals surface area contributed by atoms with Crippen LogP contribution in [0.25, 0.3) is 0 Å². The zero-order chi connectivity index (χ0) is 15.6. The summed E-state index contributed by atoms with van der Waals surface area (Å²) in [6, 6.07) is 7.96. The molecule has 0 aliphatic rings. The third-order valence-corrected chi connectivity index (χ3v) is 3.17. The highest BCUT2D eigenvalue weighted by molar-refractivity contribution is 9.10. The van der Waals surface area contributed by atoms with Gasteiger partial charge in [0.25, 0.3) is 5.91 Å². The van der Waals surface area contributed by atoms with Crippen LogP contribution >= 0.6 is 15.9 Å². The first-order valence-corrected chi connectivity index (χ1v) is 6.47. The molecule has 0 aliphatic carbocycles. The number of nitrogens with one attached hydrogen (secondary N) is 1. The van der Waals surface area contributed by atoms with E-state index in [-0.39, 0.29) is 16.9 Å². The standard InChI is InChI=1S/C14H8BrF2N3O/c15-8-1-2-13(7(3-8)6-18)20-14(21)9-4-12(19)11(17)5-10(9)16/h1-5H,19H2,(H,20,21). The van der Waals surface area contributed by atoms with E-state index in [4.69, 9.17) is 11.0 Å². The van der Waals surface area contributed by atoms with Gasteiger partial charge in [-0.05, 0) is 24.3 Å². The molecule has 4 nitrogen and oxygen atoms in total. The zero-order valence-corrected chi connectivity index (χ0v) is 12.0. The molecule has 0 heterocycles. The summed E-state index contributed by atoms with van der Waals surface area (Å²) in [6.45, 7) is 0. The van der Waals surface area contributed by atoms with Crippen LogP contribution in [0.3, 0.4) is 0 Å². The second-order valence-corrected chi connectivity index (χ2v) is 5.03. The number of nitriles is 1. The van der Waals surface area contributed by atoms with Crippen LogP contribution in [0.5, 0.6) is 0 Å². The van der Waals surface area contributed by atoms with Crippen molar-refractivity contribution in [3.63, 3.8) is 0 Å². The van der Waals surface area contributed by atoms with Crippen LogP contribution in [0.4, 0.5) is 20.2 Å². The van der Waals surface area contributed by atoms with E-state index in [0.717, 1.165) is 6.07 Å². The maximum atomic E-state index is 13.6. The molecule has 0 saturated carbocycles. The number of nitrogens with two attached hydrogens (primary N) is 1. The molecule has 0 fully saturated rings. The third-order valence-electron chi connectivity index (χ3n) is 2.68. The predicted octanol–water partition coefficient (Wildman–Crippen LogP) is 3.43. The molecule has 3 N–H and O–H groups in total. The summed E-state index contributed by atoms with van der Waals surface area (Å²) >= 11 is 3.20. The molecule has 106 valence electrons. The molecule has 0 radical (unpaired) electrons. The van der Waals surface area contributed by atoms with Crippen molar-refractivity contribution in [2.75, 3.05) is 11.1 Å². The van der Waals surface area contributed by atoms with E-state index in [1.807, 2.05) is 6.07 Å². The van der Waals surface area contributed by atoms with Crippen molar-refractivity contribution in [1.29, 1.82) is 5.26 Å². The van der Waals surface area contributed by atoms with Gasteiger partial charge in [-0.15, -0.1) is 0 Å². The topological polar surface area (TPSA) is 78.9 Å².